The first-order chi connectivity index (χ1) is 7.17. The summed E-state index contributed by atoms with van der Waals surface area (Å²) in [6.07, 6.45) is 0.979. The van der Waals surface area contributed by atoms with E-state index in [-0.39, 0.29) is 6.10 Å². The van der Waals surface area contributed by atoms with Gasteiger partial charge in [-0.2, -0.15) is 0 Å². The number of hydrogen-bond donors (Lipinski definition) is 0. The van der Waals surface area contributed by atoms with Gasteiger partial charge in [0.2, 0.25) is 0 Å². The van der Waals surface area contributed by atoms with E-state index in [2.05, 4.69) is 0 Å². The summed E-state index contributed by atoms with van der Waals surface area (Å²) in [7, 11) is 1.61. The first-order valence-corrected chi connectivity index (χ1v) is 4.91. The van der Waals surface area contributed by atoms with Gasteiger partial charge in [0.05, 0.1) is 19.8 Å². The zero-order valence-electron chi connectivity index (χ0n) is 9.32. The van der Waals surface area contributed by atoms with Crippen LogP contribution in [0.4, 0.5) is 0 Å². The quantitative estimate of drug-likeness (QED) is 0.697. The summed E-state index contributed by atoms with van der Waals surface area (Å²) in [6.45, 7) is 4.40. The molecule has 0 amide bonds. The fraction of sp³-hybridized carbons (Fsp3) is 0.417. The van der Waals surface area contributed by atoms with Crippen LogP contribution in [0.3, 0.4) is 0 Å². The van der Waals surface area contributed by atoms with Crippen LogP contribution in [0.15, 0.2) is 18.2 Å². The normalized spacial score (nSPS) is 10.4. The van der Waals surface area contributed by atoms with Gasteiger partial charge in [-0.1, -0.05) is 0 Å². The maximum atomic E-state index is 10.6. The Bertz CT molecular complexity index is 332. The maximum Gasteiger partial charge on any atom is 0.150 e. The van der Waals surface area contributed by atoms with E-state index in [1.807, 2.05) is 13.8 Å². The molecule has 0 aliphatic rings. The van der Waals surface area contributed by atoms with Crippen molar-refractivity contribution in [2.24, 2.45) is 0 Å². The van der Waals surface area contributed by atoms with Gasteiger partial charge in [0.1, 0.15) is 12.0 Å². The average Bonchev–Trinajstić information content (AvgIpc) is 2.25. The molecule has 0 heterocycles. The maximum absolute atomic E-state index is 10.6. The molecule has 1 rings (SSSR count). The van der Waals surface area contributed by atoms with Crippen LogP contribution in [0.2, 0.25) is 0 Å². The van der Waals surface area contributed by atoms with Crippen LogP contribution < -0.4 is 4.74 Å². The molecule has 15 heavy (non-hydrogen) atoms. The van der Waals surface area contributed by atoms with E-state index >= 15 is 0 Å². The van der Waals surface area contributed by atoms with E-state index in [1.165, 1.54) is 0 Å². The van der Waals surface area contributed by atoms with Crippen molar-refractivity contribution < 1.29 is 14.3 Å². The Morgan fingerprint density at radius 2 is 2.13 bits per heavy atom. The molecule has 0 fully saturated rings. The van der Waals surface area contributed by atoms with Gasteiger partial charge in [0.15, 0.2) is 0 Å². The molecule has 1 aromatic rings. The molecule has 0 unspecified atom stereocenters. The Balaban J connectivity index is 2.85. The number of rotatable bonds is 5. The molecule has 0 aromatic heterocycles. The Morgan fingerprint density at radius 1 is 1.40 bits per heavy atom. The van der Waals surface area contributed by atoms with Crippen molar-refractivity contribution in [2.75, 3.05) is 7.11 Å². The minimum atomic E-state index is 0.162. The van der Waals surface area contributed by atoms with E-state index < -0.39 is 0 Å². The SMILES string of the molecule is COc1ccc(C=O)cc1COC(C)C. The van der Waals surface area contributed by atoms with Crippen molar-refractivity contribution in [1.82, 2.24) is 0 Å². The smallest absolute Gasteiger partial charge is 0.150 e. The van der Waals surface area contributed by atoms with Crippen molar-refractivity contribution in [3.8, 4) is 5.75 Å². The van der Waals surface area contributed by atoms with Gasteiger partial charge >= 0.3 is 0 Å². The number of benzene rings is 1. The molecule has 0 bridgehead atoms. The predicted molar refractivity (Wildman–Crippen MR) is 58.3 cm³/mol. The van der Waals surface area contributed by atoms with E-state index in [0.29, 0.717) is 12.2 Å². The summed E-state index contributed by atoms with van der Waals surface area (Å²) in [4.78, 5) is 10.6. The summed E-state index contributed by atoms with van der Waals surface area (Å²) >= 11 is 0. The number of ether oxygens (including phenoxy) is 2. The molecule has 0 aliphatic heterocycles. The molecule has 3 nitrogen and oxygen atoms in total. The number of hydrogen-bond acceptors (Lipinski definition) is 3. The topological polar surface area (TPSA) is 35.5 Å². The summed E-state index contributed by atoms with van der Waals surface area (Å²) in [5.41, 5.74) is 1.54. The molecule has 0 saturated carbocycles. The van der Waals surface area contributed by atoms with Crippen LogP contribution in [0.25, 0.3) is 0 Å². The summed E-state index contributed by atoms with van der Waals surface area (Å²) in [5.74, 6) is 0.751. The van der Waals surface area contributed by atoms with Gasteiger partial charge in [-0.25, -0.2) is 0 Å². The minimum absolute atomic E-state index is 0.162. The van der Waals surface area contributed by atoms with Crippen molar-refractivity contribution in [1.29, 1.82) is 0 Å². The van der Waals surface area contributed by atoms with Crippen LogP contribution in [-0.4, -0.2) is 19.5 Å². The first kappa shape index (κ1) is 11.7. The zero-order valence-corrected chi connectivity index (χ0v) is 9.32. The lowest BCUT2D eigenvalue weighted by Gasteiger charge is -2.11. The second-order valence-electron chi connectivity index (χ2n) is 3.55. The van der Waals surface area contributed by atoms with Crippen molar-refractivity contribution in [3.05, 3.63) is 29.3 Å². The number of carbonyl (C=O) groups is 1. The standard InChI is InChI=1S/C12H16O3/c1-9(2)15-8-11-6-10(7-13)4-5-12(11)14-3/h4-7,9H,8H2,1-3H3. The van der Waals surface area contributed by atoms with Crippen molar-refractivity contribution in [3.63, 3.8) is 0 Å². The highest BCUT2D eigenvalue weighted by Crippen LogP contribution is 2.20. The Hall–Kier alpha value is -1.35. The van der Waals surface area contributed by atoms with E-state index in [1.54, 1.807) is 25.3 Å². The molecule has 0 spiro atoms. The monoisotopic (exact) mass is 208 g/mol. The molecule has 3 heteroatoms. The predicted octanol–water partition coefficient (Wildman–Crippen LogP) is 2.43. The molecule has 0 radical (unpaired) electrons. The highest BCUT2D eigenvalue weighted by Gasteiger charge is 2.05. The molecule has 0 aliphatic carbocycles. The lowest BCUT2D eigenvalue weighted by molar-refractivity contribution is 0.0644. The molecular formula is C12H16O3. The van der Waals surface area contributed by atoms with Crippen LogP contribution in [0, 0.1) is 0 Å². The van der Waals surface area contributed by atoms with E-state index in [0.717, 1.165) is 17.6 Å². The third-order valence-corrected chi connectivity index (χ3v) is 2.01. The molecule has 0 N–H and O–H groups in total. The van der Waals surface area contributed by atoms with Gasteiger partial charge < -0.3 is 9.47 Å². The Morgan fingerprint density at radius 3 is 2.67 bits per heavy atom. The van der Waals surface area contributed by atoms with Crippen LogP contribution >= 0.6 is 0 Å². The molecule has 82 valence electrons. The molecule has 0 saturated heterocycles. The number of methoxy groups -OCH3 is 1. The minimum Gasteiger partial charge on any atom is -0.496 e. The highest BCUT2D eigenvalue weighted by molar-refractivity contribution is 5.75. The number of aldehydes is 1. The third-order valence-electron chi connectivity index (χ3n) is 2.01. The fourth-order valence-corrected chi connectivity index (χ4v) is 1.24. The zero-order chi connectivity index (χ0) is 11.3. The van der Waals surface area contributed by atoms with Gasteiger partial charge in [0, 0.05) is 11.1 Å². The third kappa shape index (κ3) is 3.36. The van der Waals surface area contributed by atoms with Gasteiger partial charge in [-0.15, -0.1) is 0 Å². The second-order valence-corrected chi connectivity index (χ2v) is 3.55. The second kappa shape index (κ2) is 5.51. The lowest BCUT2D eigenvalue weighted by Crippen LogP contribution is -2.04. The largest absolute Gasteiger partial charge is 0.496 e. The fourth-order valence-electron chi connectivity index (χ4n) is 1.24. The van der Waals surface area contributed by atoms with E-state index in [4.69, 9.17) is 9.47 Å². The highest BCUT2D eigenvalue weighted by atomic mass is 16.5. The van der Waals surface area contributed by atoms with Crippen LogP contribution in [-0.2, 0) is 11.3 Å². The van der Waals surface area contributed by atoms with Crippen LogP contribution in [0.1, 0.15) is 29.8 Å². The van der Waals surface area contributed by atoms with Crippen molar-refractivity contribution >= 4 is 6.29 Å². The Labute approximate surface area is 90.0 Å². The van der Waals surface area contributed by atoms with Gasteiger partial charge in [-0.3, -0.25) is 4.79 Å². The first-order valence-electron chi connectivity index (χ1n) is 4.91. The number of carbonyl (C=O) groups excluding carboxylic acids is 1. The summed E-state index contributed by atoms with van der Waals surface area (Å²) < 4.78 is 10.7. The van der Waals surface area contributed by atoms with E-state index in [9.17, 15) is 4.79 Å². The average molecular weight is 208 g/mol. The Kier molecular flexibility index (Phi) is 4.31. The molecule has 0 atom stereocenters. The van der Waals surface area contributed by atoms with Gasteiger partial charge in [-0.05, 0) is 32.0 Å². The summed E-state index contributed by atoms with van der Waals surface area (Å²) in [6, 6.07) is 5.29. The molecular weight excluding hydrogens is 192 g/mol. The van der Waals surface area contributed by atoms with Crippen LogP contribution in [0.5, 0.6) is 5.75 Å². The molecule has 1 aromatic carbocycles. The lowest BCUT2D eigenvalue weighted by atomic mass is 10.1. The van der Waals surface area contributed by atoms with Gasteiger partial charge in [0.25, 0.3) is 0 Å². The summed E-state index contributed by atoms with van der Waals surface area (Å²) in [5, 5.41) is 0. The van der Waals surface area contributed by atoms with Crippen molar-refractivity contribution in [2.45, 2.75) is 26.6 Å².